The predicted octanol–water partition coefficient (Wildman–Crippen LogP) is 2.25. The van der Waals surface area contributed by atoms with E-state index >= 15 is 0 Å². The van der Waals surface area contributed by atoms with Crippen molar-refractivity contribution in [3.05, 3.63) is 42.5 Å². The zero-order valence-corrected chi connectivity index (χ0v) is 10.5. The van der Waals surface area contributed by atoms with Crippen molar-refractivity contribution in [2.24, 2.45) is 0 Å². The van der Waals surface area contributed by atoms with Gasteiger partial charge in [-0.25, -0.2) is 9.67 Å². The molecule has 94 valence electrons. The molecule has 2 heterocycles. The number of rotatable bonds is 3. The summed E-state index contributed by atoms with van der Waals surface area (Å²) < 4.78 is 1.78. The van der Waals surface area contributed by atoms with Crippen molar-refractivity contribution in [3.63, 3.8) is 0 Å². The van der Waals surface area contributed by atoms with Crippen molar-refractivity contribution in [2.45, 2.75) is 25.8 Å². The fourth-order valence-electron chi connectivity index (χ4n) is 2.47. The van der Waals surface area contributed by atoms with Crippen molar-refractivity contribution in [2.75, 3.05) is 13.1 Å². The van der Waals surface area contributed by atoms with E-state index in [-0.39, 0.29) is 0 Å². The molecule has 0 spiro atoms. The minimum absolute atomic E-state index is 1.06. The van der Waals surface area contributed by atoms with Gasteiger partial charge in [0.25, 0.3) is 0 Å². The summed E-state index contributed by atoms with van der Waals surface area (Å²) in [7, 11) is 0. The fraction of sp³-hybridized carbons (Fsp3) is 0.429. The molecule has 3 rings (SSSR count). The van der Waals surface area contributed by atoms with Crippen LogP contribution in [0.1, 0.15) is 24.8 Å². The average molecular weight is 242 g/mol. The highest BCUT2D eigenvalue weighted by Gasteiger charge is 2.10. The van der Waals surface area contributed by atoms with Crippen LogP contribution in [0, 0.1) is 0 Å². The van der Waals surface area contributed by atoms with Crippen LogP contribution in [0.4, 0.5) is 0 Å². The lowest BCUT2D eigenvalue weighted by Gasteiger charge is -2.26. The Morgan fingerprint density at radius 3 is 2.44 bits per heavy atom. The number of hydrogen-bond acceptors (Lipinski definition) is 3. The van der Waals surface area contributed by atoms with E-state index in [0.717, 1.165) is 12.2 Å². The molecule has 2 aromatic rings. The van der Waals surface area contributed by atoms with Gasteiger partial charge in [-0.3, -0.25) is 4.90 Å². The van der Waals surface area contributed by atoms with Crippen LogP contribution in [0.3, 0.4) is 0 Å². The molecule has 4 heteroatoms. The number of hydrogen-bond donors (Lipinski definition) is 0. The molecule has 0 unspecified atom stereocenters. The first kappa shape index (κ1) is 11.4. The van der Waals surface area contributed by atoms with E-state index in [2.05, 4.69) is 39.2 Å². The lowest BCUT2D eigenvalue weighted by atomic mass is 10.1. The third-order valence-electron chi connectivity index (χ3n) is 3.47. The van der Waals surface area contributed by atoms with Crippen LogP contribution in [0.25, 0.3) is 5.69 Å². The molecule has 1 aromatic carbocycles. The van der Waals surface area contributed by atoms with E-state index in [1.54, 1.807) is 17.3 Å². The normalized spacial score (nSPS) is 16.9. The second-order valence-electron chi connectivity index (χ2n) is 4.84. The van der Waals surface area contributed by atoms with Crippen molar-refractivity contribution in [1.29, 1.82) is 0 Å². The summed E-state index contributed by atoms with van der Waals surface area (Å²) in [5, 5.41) is 4.13. The highest BCUT2D eigenvalue weighted by molar-refractivity contribution is 5.33. The van der Waals surface area contributed by atoms with Gasteiger partial charge in [0, 0.05) is 6.54 Å². The SMILES string of the molecule is c1ncn(-c2ccc(CN3CCCCC3)cc2)n1. The third kappa shape index (κ3) is 2.59. The molecular formula is C14H18N4. The second-order valence-corrected chi connectivity index (χ2v) is 4.84. The molecule has 0 amide bonds. The molecule has 18 heavy (non-hydrogen) atoms. The Balaban J connectivity index is 1.67. The second kappa shape index (κ2) is 5.31. The fourth-order valence-corrected chi connectivity index (χ4v) is 2.47. The van der Waals surface area contributed by atoms with E-state index in [1.165, 1.54) is 37.9 Å². The van der Waals surface area contributed by atoms with Crippen molar-refractivity contribution in [1.82, 2.24) is 19.7 Å². The van der Waals surface area contributed by atoms with E-state index in [1.807, 2.05) is 0 Å². The van der Waals surface area contributed by atoms with Crippen molar-refractivity contribution >= 4 is 0 Å². The third-order valence-corrected chi connectivity index (χ3v) is 3.47. The van der Waals surface area contributed by atoms with Crippen LogP contribution in [-0.4, -0.2) is 32.8 Å². The van der Waals surface area contributed by atoms with E-state index in [4.69, 9.17) is 0 Å². The summed E-state index contributed by atoms with van der Waals surface area (Å²) in [6.45, 7) is 3.55. The molecule has 4 nitrogen and oxygen atoms in total. The molecule has 0 aliphatic carbocycles. The summed E-state index contributed by atoms with van der Waals surface area (Å²) in [6, 6.07) is 8.58. The number of likely N-dealkylation sites (tertiary alicyclic amines) is 1. The number of piperidine rings is 1. The molecule has 1 aliphatic rings. The van der Waals surface area contributed by atoms with Crippen molar-refractivity contribution in [3.8, 4) is 5.69 Å². The Bertz CT molecular complexity index is 469. The number of nitrogens with zero attached hydrogens (tertiary/aromatic N) is 4. The van der Waals surface area contributed by atoms with Crippen LogP contribution < -0.4 is 0 Å². The maximum Gasteiger partial charge on any atom is 0.138 e. The van der Waals surface area contributed by atoms with Gasteiger partial charge in [-0.2, -0.15) is 5.10 Å². The van der Waals surface area contributed by atoms with Gasteiger partial charge in [0.2, 0.25) is 0 Å². The summed E-state index contributed by atoms with van der Waals surface area (Å²) in [5.74, 6) is 0. The van der Waals surface area contributed by atoms with Gasteiger partial charge < -0.3 is 0 Å². The molecule has 0 bridgehead atoms. The Kier molecular flexibility index (Phi) is 3.37. The Labute approximate surface area is 107 Å². The summed E-state index contributed by atoms with van der Waals surface area (Å²) in [4.78, 5) is 6.49. The summed E-state index contributed by atoms with van der Waals surface area (Å²) >= 11 is 0. The van der Waals surface area contributed by atoms with Gasteiger partial charge in [0.05, 0.1) is 5.69 Å². The minimum Gasteiger partial charge on any atom is -0.299 e. The maximum atomic E-state index is 4.13. The molecule has 1 aromatic heterocycles. The van der Waals surface area contributed by atoms with Gasteiger partial charge in [-0.05, 0) is 43.6 Å². The van der Waals surface area contributed by atoms with E-state index < -0.39 is 0 Å². The zero-order valence-electron chi connectivity index (χ0n) is 10.5. The molecule has 0 radical (unpaired) electrons. The minimum atomic E-state index is 1.06. The van der Waals surface area contributed by atoms with Gasteiger partial charge in [-0.1, -0.05) is 18.6 Å². The Morgan fingerprint density at radius 2 is 1.78 bits per heavy atom. The Morgan fingerprint density at radius 1 is 1.00 bits per heavy atom. The highest BCUT2D eigenvalue weighted by Crippen LogP contribution is 2.14. The lowest BCUT2D eigenvalue weighted by Crippen LogP contribution is -2.29. The standard InChI is InChI=1S/C14H18N4/c1-2-8-17(9-3-1)10-13-4-6-14(7-5-13)18-12-15-11-16-18/h4-7,11-12H,1-3,8-10H2. The van der Waals surface area contributed by atoms with Gasteiger partial charge in [0.1, 0.15) is 12.7 Å². The van der Waals surface area contributed by atoms with E-state index in [0.29, 0.717) is 0 Å². The molecule has 0 N–H and O–H groups in total. The van der Waals surface area contributed by atoms with Crippen LogP contribution in [0.2, 0.25) is 0 Å². The van der Waals surface area contributed by atoms with Gasteiger partial charge in [-0.15, -0.1) is 0 Å². The summed E-state index contributed by atoms with van der Waals surface area (Å²) in [5.41, 5.74) is 2.44. The van der Waals surface area contributed by atoms with Gasteiger partial charge in [0.15, 0.2) is 0 Å². The first-order valence-electron chi connectivity index (χ1n) is 6.58. The first-order valence-corrected chi connectivity index (χ1v) is 6.58. The van der Waals surface area contributed by atoms with Gasteiger partial charge >= 0.3 is 0 Å². The molecule has 0 saturated carbocycles. The Hall–Kier alpha value is -1.68. The van der Waals surface area contributed by atoms with Crippen molar-refractivity contribution < 1.29 is 0 Å². The molecule has 0 atom stereocenters. The van der Waals surface area contributed by atoms with Crippen LogP contribution in [0.5, 0.6) is 0 Å². The lowest BCUT2D eigenvalue weighted by molar-refractivity contribution is 0.221. The molecule has 1 saturated heterocycles. The number of aromatic nitrogens is 3. The topological polar surface area (TPSA) is 34.0 Å². The first-order chi connectivity index (χ1) is 8.92. The largest absolute Gasteiger partial charge is 0.299 e. The maximum absolute atomic E-state index is 4.13. The molecule has 1 fully saturated rings. The summed E-state index contributed by atoms with van der Waals surface area (Å²) in [6.07, 6.45) is 7.36. The molecule has 1 aliphatic heterocycles. The smallest absolute Gasteiger partial charge is 0.138 e. The van der Waals surface area contributed by atoms with Crippen LogP contribution in [0.15, 0.2) is 36.9 Å². The highest BCUT2D eigenvalue weighted by atomic mass is 15.3. The number of benzene rings is 1. The molecular weight excluding hydrogens is 224 g/mol. The monoisotopic (exact) mass is 242 g/mol. The van der Waals surface area contributed by atoms with Crippen LogP contribution >= 0.6 is 0 Å². The van der Waals surface area contributed by atoms with Crippen LogP contribution in [-0.2, 0) is 6.54 Å². The zero-order chi connectivity index (χ0) is 12.2. The van der Waals surface area contributed by atoms with E-state index in [9.17, 15) is 0 Å². The predicted molar refractivity (Wildman–Crippen MR) is 70.5 cm³/mol. The average Bonchev–Trinajstić information content (AvgIpc) is 2.95. The quantitative estimate of drug-likeness (QED) is 0.828.